The summed E-state index contributed by atoms with van der Waals surface area (Å²) in [4.78, 5) is 12.5. The minimum Gasteiger partial charge on any atom is -0.394 e. The molecule has 0 rings (SSSR count). The number of hydrogen-bond acceptors (Lipinski definition) is 3. The van der Waals surface area contributed by atoms with E-state index in [0.29, 0.717) is 12.8 Å². The van der Waals surface area contributed by atoms with Gasteiger partial charge in [-0.3, -0.25) is 4.79 Å². The molecule has 0 aliphatic carbocycles. The zero-order valence-electron chi connectivity index (χ0n) is 40.1. The summed E-state index contributed by atoms with van der Waals surface area (Å²) < 4.78 is 0. The Morgan fingerprint density at radius 3 is 0.776 bits per heavy atom. The van der Waals surface area contributed by atoms with Crippen LogP contribution in [0.4, 0.5) is 0 Å². The van der Waals surface area contributed by atoms with Crippen LogP contribution in [0.15, 0.2) is 0 Å². The molecule has 0 fully saturated rings. The number of aliphatic hydroxyl groups is 2. The van der Waals surface area contributed by atoms with Crippen LogP contribution in [0.3, 0.4) is 0 Å². The second-order valence-corrected chi connectivity index (χ2v) is 19.0. The quantitative estimate of drug-likeness (QED) is 0.0536. The fourth-order valence-electron chi connectivity index (χ4n) is 8.95. The van der Waals surface area contributed by atoms with Crippen molar-refractivity contribution in [2.75, 3.05) is 6.61 Å². The van der Waals surface area contributed by atoms with E-state index in [1.807, 2.05) is 0 Å². The first-order valence-electron chi connectivity index (χ1n) is 27.2. The smallest absolute Gasteiger partial charge is 0.220 e. The van der Waals surface area contributed by atoms with Gasteiger partial charge >= 0.3 is 0 Å². The minimum absolute atomic E-state index is 0.0229. The molecule has 3 N–H and O–H groups in total. The van der Waals surface area contributed by atoms with E-state index >= 15 is 0 Å². The number of nitrogens with one attached hydrogen (secondary N) is 1. The van der Waals surface area contributed by atoms with Crippen molar-refractivity contribution in [2.45, 2.75) is 334 Å². The summed E-state index contributed by atoms with van der Waals surface area (Å²) >= 11 is 0. The number of carbonyl (C=O) groups excluding carboxylic acids is 1. The molecule has 2 atom stereocenters. The van der Waals surface area contributed by atoms with Gasteiger partial charge in [0, 0.05) is 6.42 Å². The van der Waals surface area contributed by atoms with E-state index in [2.05, 4.69) is 19.2 Å². The maximum absolute atomic E-state index is 12.5. The Balaban J connectivity index is 3.37. The highest BCUT2D eigenvalue weighted by Gasteiger charge is 2.20. The minimum atomic E-state index is -0.654. The van der Waals surface area contributed by atoms with Crippen LogP contribution >= 0.6 is 0 Å². The van der Waals surface area contributed by atoms with E-state index in [1.165, 1.54) is 270 Å². The molecule has 0 aromatic rings. The van der Waals surface area contributed by atoms with Crippen LogP contribution in [-0.4, -0.2) is 34.9 Å². The average molecular weight is 820 g/mol. The van der Waals surface area contributed by atoms with Crippen LogP contribution in [0.1, 0.15) is 322 Å². The molecule has 1 amide bonds. The van der Waals surface area contributed by atoms with Gasteiger partial charge in [0.2, 0.25) is 5.91 Å². The number of aliphatic hydroxyl groups excluding tert-OH is 2. The van der Waals surface area contributed by atoms with Gasteiger partial charge in [-0.2, -0.15) is 0 Å². The Hall–Kier alpha value is -0.610. The van der Waals surface area contributed by atoms with Crippen molar-refractivity contribution in [1.29, 1.82) is 0 Å². The number of unbranched alkanes of at least 4 members (excludes halogenated alkanes) is 44. The van der Waals surface area contributed by atoms with E-state index in [1.54, 1.807) is 0 Å². The Kier molecular flexibility index (Phi) is 50.2. The molecular weight excluding hydrogens is 711 g/mol. The summed E-state index contributed by atoms with van der Waals surface area (Å²) in [6.45, 7) is 4.40. The molecule has 58 heavy (non-hydrogen) atoms. The number of hydrogen-bond donors (Lipinski definition) is 3. The van der Waals surface area contributed by atoms with Gasteiger partial charge in [-0.25, -0.2) is 0 Å². The second-order valence-electron chi connectivity index (χ2n) is 19.0. The van der Waals surface area contributed by atoms with Crippen LogP contribution < -0.4 is 5.32 Å². The van der Waals surface area contributed by atoms with Crippen LogP contribution in [0.5, 0.6) is 0 Å². The van der Waals surface area contributed by atoms with E-state index in [0.717, 1.165) is 25.7 Å². The zero-order chi connectivity index (χ0) is 42.1. The molecular formula is C54H109NO3. The van der Waals surface area contributed by atoms with Gasteiger partial charge in [-0.05, 0) is 12.8 Å². The second kappa shape index (κ2) is 50.7. The summed E-state index contributed by atoms with van der Waals surface area (Å²) in [7, 11) is 0. The molecule has 0 saturated heterocycles. The molecule has 0 aromatic heterocycles. The van der Waals surface area contributed by atoms with Crippen molar-refractivity contribution in [3.05, 3.63) is 0 Å². The highest BCUT2D eigenvalue weighted by molar-refractivity contribution is 5.76. The van der Waals surface area contributed by atoms with Gasteiger partial charge in [0.05, 0.1) is 18.8 Å². The fourth-order valence-corrected chi connectivity index (χ4v) is 8.95. The van der Waals surface area contributed by atoms with Gasteiger partial charge in [-0.1, -0.05) is 303 Å². The first-order chi connectivity index (χ1) is 28.7. The standard InChI is InChI=1S/C54H109NO3/c1-3-5-7-9-11-13-15-17-19-21-22-23-24-25-26-27-28-29-30-31-32-33-34-36-38-40-42-44-46-48-50-54(58)55-52(51-56)53(57)49-47-45-43-41-39-37-35-20-18-16-14-12-10-8-6-4-2/h52-53,56-57H,3-51H2,1-2H3,(H,55,58). The van der Waals surface area contributed by atoms with Crippen LogP contribution in [0.25, 0.3) is 0 Å². The number of carbonyl (C=O) groups is 1. The first kappa shape index (κ1) is 57.4. The largest absolute Gasteiger partial charge is 0.394 e. The van der Waals surface area contributed by atoms with Gasteiger partial charge in [0.25, 0.3) is 0 Å². The van der Waals surface area contributed by atoms with Crippen LogP contribution in [-0.2, 0) is 4.79 Å². The summed E-state index contributed by atoms with van der Waals surface area (Å²) in [6.07, 6.45) is 63.7. The predicted molar refractivity (Wildman–Crippen MR) is 258 cm³/mol. The lowest BCUT2D eigenvalue weighted by Crippen LogP contribution is -2.45. The number of rotatable bonds is 51. The maximum atomic E-state index is 12.5. The Morgan fingerprint density at radius 1 is 0.345 bits per heavy atom. The van der Waals surface area contributed by atoms with Crippen molar-refractivity contribution >= 4 is 5.91 Å². The van der Waals surface area contributed by atoms with Crippen LogP contribution in [0.2, 0.25) is 0 Å². The molecule has 0 aliphatic rings. The monoisotopic (exact) mass is 820 g/mol. The summed E-state index contributed by atoms with van der Waals surface area (Å²) in [5, 5.41) is 23.3. The zero-order valence-corrected chi connectivity index (χ0v) is 40.1. The lowest BCUT2D eigenvalue weighted by molar-refractivity contribution is -0.123. The molecule has 0 saturated carbocycles. The topological polar surface area (TPSA) is 69.6 Å². The highest BCUT2D eigenvalue weighted by Crippen LogP contribution is 2.18. The SMILES string of the molecule is CCCCCCCCCCCCCCCCCCCCCCCCCCCCCCCCC(=O)NC(CO)C(O)CCCCCCCCCCCCCCCCCC. The van der Waals surface area contributed by atoms with Crippen molar-refractivity contribution in [3.8, 4) is 0 Å². The highest BCUT2D eigenvalue weighted by atomic mass is 16.3. The summed E-state index contributed by atoms with van der Waals surface area (Å²) in [5.41, 5.74) is 0. The first-order valence-corrected chi connectivity index (χ1v) is 27.2. The average Bonchev–Trinajstić information content (AvgIpc) is 3.23. The normalized spacial score (nSPS) is 12.7. The number of amides is 1. The molecule has 4 nitrogen and oxygen atoms in total. The molecule has 0 radical (unpaired) electrons. The fraction of sp³-hybridized carbons (Fsp3) is 0.981. The van der Waals surface area contributed by atoms with E-state index < -0.39 is 12.1 Å². The van der Waals surface area contributed by atoms with E-state index in [9.17, 15) is 15.0 Å². The van der Waals surface area contributed by atoms with Gasteiger partial charge < -0.3 is 15.5 Å². The molecule has 0 spiro atoms. The molecule has 0 aromatic carbocycles. The van der Waals surface area contributed by atoms with E-state index in [4.69, 9.17) is 0 Å². The Bertz CT molecular complexity index is 759. The van der Waals surface area contributed by atoms with Crippen molar-refractivity contribution in [2.24, 2.45) is 0 Å². The Morgan fingerprint density at radius 2 is 0.552 bits per heavy atom. The lowest BCUT2D eigenvalue weighted by atomic mass is 10.0. The Labute approximate surface area is 365 Å². The molecule has 348 valence electrons. The summed E-state index contributed by atoms with van der Waals surface area (Å²) in [5.74, 6) is -0.0229. The van der Waals surface area contributed by atoms with Crippen molar-refractivity contribution in [3.63, 3.8) is 0 Å². The molecule has 0 aliphatic heterocycles. The van der Waals surface area contributed by atoms with Crippen LogP contribution in [0, 0.1) is 0 Å². The van der Waals surface area contributed by atoms with Gasteiger partial charge in [0.15, 0.2) is 0 Å². The third-order valence-electron chi connectivity index (χ3n) is 13.1. The summed E-state index contributed by atoms with van der Waals surface area (Å²) in [6, 6.07) is -0.530. The van der Waals surface area contributed by atoms with E-state index in [-0.39, 0.29) is 12.5 Å². The van der Waals surface area contributed by atoms with Gasteiger partial charge in [-0.15, -0.1) is 0 Å². The maximum Gasteiger partial charge on any atom is 0.220 e. The van der Waals surface area contributed by atoms with Crippen molar-refractivity contribution in [1.82, 2.24) is 5.32 Å². The van der Waals surface area contributed by atoms with Gasteiger partial charge in [0.1, 0.15) is 0 Å². The third kappa shape index (κ3) is 46.5. The molecule has 0 bridgehead atoms. The third-order valence-corrected chi connectivity index (χ3v) is 13.1. The predicted octanol–water partition coefficient (Wildman–Crippen LogP) is 17.6. The molecule has 4 heteroatoms. The lowest BCUT2D eigenvalue weighted by Gasteiger charge is -2.22. The molecule has 0 heterocycles. The van der Waals surface area contributed by atoms with Crippen molar-refractivity contribution < 1.29 is 15.0 Å². The molecule has 2 unspecified atom stereocenters.